The molecule has 1 unspecified atom stereocenters. The number of hydrogen-bond donors (Lipinski definition) is 2. The number of nitrogens with one attached hydrogen (secondary N) is 2. The molecule has 0 bridgehead atoms. The van der Waals surface area contributed by atoms with Gasteiger partial charge in [-0.1, -0.05) is 48.0 Å². The number of anilines is 1. The van der Waals surface area contributed by atoms with Crippen molar-refractivity contribution in [3.63, 3.8) is 0 Å². The molecule has 2 amide bonds. The number of nitriles is 1. The zero-order valence-corrected chi connectivity index (χ0v) is 12.2. The van der Waals surface area contributed by atoms with Crippen molar-refractivity contribution < 1.29 is 4.79 Å². The highest BCUT2D eigenvalue weighted by Crippen LogP contribution is 2.20. The van der Waals surface area contributed by atoms with E-state index < -0.39 is 12.1 Å². The Kier molecular flexibility index (Phi) is 4.81. The number of urea groups is 1. The predicted molar refractivity (Wildman–Crippen MR) is 83.1 cm³/mol. The summed E-state index contributed by atoms with van der Waals surface area (Å²) in [7, 11) is 0. The molecular weight excluding hydrogens is 286 g/mol. The molecule has 1 atom stereocenters. The Morgan fingerprint density at radius 2 is 1.95 bits per heavy atom. The van der Waals surface area contributed by atoms with E-state index in [1.807, 2.05) is 31.2 Å². The largest absolute Gasteiger partial charge is 0.320 e. The summed E-state index contributed by atoms with van der Waals surface area (Å²) in [5, 5.41) is 15.0. The fourth-order valence-corrected chi connectivity index (χ4v) is 1.99. The number of carbonyl (C=O) groups is 1. The summed E-state index contributed by atoms with van der Waals surface area (Å²) in [5.41, 5.74) is 2.24. The molecule has 106 valence electrons. The molecule has 0 spiro atoms. The van der Waals surface area contributed by atoms with Gasteiger partial charge in [-0.05, 0) is 30.2 Å². The van der Waals surface area contributed by atoms with Gasteiger partial charge < -0.3 is 10.6 Å². The first-order valence-electron chi connectivity index (χ1n) is 6.38. The van der Waals surface area contributed by atoms with Crippen LogP contribution in [-0.2, 0) is 0 Å². The van der Waals surface area contributed by atoms with Crippen molar-refractivity contribution in [2.24, 2.45) is 0 Å². The quantitative estimate of drug-likeness (QED) is 0.898. The highest BCUT2D eigenvalue weighted by atomic mass is 35.5. The zero-order valence-electron chi connectivity index (χ0n) is 11.4. The lowest BCUT2D eigenvalue weighted by Gasteiger charge is -2.13. The molecule has 2 rings (SSSR count). The number of rotatable bonds is 3. The van der Waals surface area contributed by atoms with E-state index in [0.29, 0.717) is 10.7 Å². The second kappa shape index (κ2) is 6.78. The van der Waals surface area contributed by atoms with Gasteiger partial charge in [-0.15, -0.1) is 0 Å². The van der Waals surface area contributed by atoms with Gasteiger partial charge in [0.25, 0.3) is 0 Å². The van der Waals surface area contributed by atoms with Crippen LogP contribution >= 0.6 is 11.6 Å². The molecule has 0 radical (unpaired) electrons. The summed E-state index contributed by atoms with van der Waals surface area (Å²) in [5.74, 6) is 0. The Morgan fingerprint density at radius 3 is 2.57 bits per heavy atom. The summed E-state index contributed by atoms with van der Waals surface area (Å²) >= 11 is 6.00. The molecule has 0 saturated heterocycles. The van der Waals surface area contributed by atoms with E-state index >= 15 is 0 Å². The topological polar surface area (TPSA) is 64.9 Å². The Morgan fingerprint density at radius 1 is 1.24 bits per heavy atom. The van der Waals surface area contributed by atoms with Crippen molar-refractivity contribution in [2.75, 3.05) is 5.32 Å². The van der Waals surface area contributed by atoms with Gasteiger partial charge >= 0.3 is 6.03 Å². The standard InChI is InChI=1S/C16H14ClN3O/c1-11-7-8-13(9-14(11)17)19-16(21)20-15(10-18)12-5-3-2-4-6-12/h2-9,15H,1H3,(H2,19,20,21). The van der Waals surface area contributed by atoms with E-state index in [0.717, 1.165) is 11.1 Å². The zero-order chi connectivity index (χ0) is 15.2. The van der Waals surface area contributed by atoms with Crippen LogP contribution in [0.4, 0.5) is 10.5 Å². The van der Waals surface area contributed by atoms with Crippen LogP contribution in [0, 0.1) is 18.3 Å². The van der Waals surface area contributed by atoms with Crippen molar-refractivity contribution in [3.05, 3.63) is 64.7 Å². The molecule has 0 aromatic heterocycles. The third kappa shape index (κ3) is 3.98. The molecule has 4 nitrogen and oxygen atoms in total. The van der Waals surface area contributed by atoms with Crippen LogP contribution in [0.25, 0.3) is 0 Å². The van der Waals surface area contributed by atoms with Crippen LogP contribution in [-0.4, -0.2) is 6.03 Å². The van der Waals surface area contributed by atoms with Crippen molar-refractivity contribution >= 4 is 23.3 Å². The average molecular weight is 300 g/mol. The Labute approximate surface area is 128 Å². The highest BCUT2D eigenvalue weighted by molar-refractivity contribution is 6.31. The van der Waals surface area contributed by atoms with Crippen LogP contribution in [0.2, 0.25) is 5.02 Å². The fourth-order valence-electron chi connectivity index (χ4n) is 1.80. The second-order valence-corrected chi connectivity index (χ2v) is 4.94. The van der Waals surface area contributed by atoms with Crippen LogP contribution < -0.4 is 10.6 Å². The van der Waals surface area contributed by atoms with Gasteiger partial charge in [-0.25, -0.2) is 4.79 Å². The molecule has 2 aromatic rings. The number of halogens is 1. The van der Waals surface area contributed by atoms with Gasteiger partial charge in [-0.2, -0.15) is 5.26 Å². The number of amides is 2. The summed E-state index contributed by atoms with van der Waals surface area (Å²) in [6, 6.07) is 15.2. The lowest BCUT2D eigenvalue weighted by atomic mass is 10.1. The smallest absolute Gasteiger partial charge is 0.318 e. The second-order valence-electron chi connectivity index (χ2n) is 4.54. The Balaban J connectivity index is 2.04. The molecule has 0 saturated carbocycles. The summed E-state index contributed by atoms with van der Waals surface area (Å²) in [6.07, 6.45) is 0. The lowest BCUT2D eigenvalue weighted by Crippen LogP contribution is -2.31. The van der Waals surface area contributed by atoms with E-state index in [9.17, 15) is 4.79 Å². The first-order valence-corrected chi connectivity index (χ1v) is 6.76. The lowest BCUT2D eigenvalue weighted by molar-refractivity contribution is 0.250. The number of carbonyl (C=O) groups excluding carboxylic acids is 1. The van der Waals surface area contributed by atoms with Gasteiger partial charge in [-0.3, -0.25) is 0 Å². The third-order valence-electron chi connectivity index (χ3n) is 2.97. The maximum absolute atomic E-state index is 11.9. The number of hydrogen-bond acceptors (Lipinski definition) is 2. The van der Waals surface area contributed by atoms with Gasteiger partial charge in [0.15, 0.2) is 0 Å². The maximum Gasteiger partial charge on any atom is 0.320 e. The average Bonchev–Trinajstić information content (AvgIpc) is 2.49. The monoisotopic (exact) mass is 299 g/mol. The van der Waals surface area contributed by atoms with E-state index in [1.54, 1.807) is 24.3 Å². The highest BCUT2D eigenvalue weighted by Gasteiger charge is 2.13. The van der Waals surface area contributed by atoms with Crippen LogP contribution in [0.15, 0.2) is 48.5 Å². The third-order valence-corrected chi connectivity index (χ3v) is 3.37. The van der Waals surface area contributed by atoms with E-state index in [2.05, 4.69) is 16.7 Å². The van der Waals surface area contributed by atoms with E-state index in [-0.39, 0.29) is 0 Å². The van der Waals surface area contributed by atoms with Gasteiger partial charge in [0.1, 0.15) is 6.04 Å². The minimum absolute atomic E-state index is 0.453. The molecule has 2 N–H and O–H groups in total. The van der Waals surface area contributed by atoms with Crippen LogP contribution in [0.3, 0.4) is 0 Å². The van der Waals surface area contributed by atoms with Gasteiger partial charge in [0.2, 0.25) is 0 Å². The molecule has 0 aliphatic rings. The van der Waals surface area contributed by atoms with Crippen LogP contribution in [0.5, 0.6) is 0 Å². The molecular formula is C16H14ClN3O. The van der Waals surface area contributed by atoms with Gasteiger partial charge in [0, 0.05) is 10.7 Å². The first-order chi connectivity index (χ1) is 10.1. The predicted octanol–water partition coefficient (Wildman–Crippen LogP) is 4.03. The van der Waals surface area contributed by atoms with Crippen molar-refractivity contribution in [1.82, 2.24) is 5.32 Å². The minimum atomic E-state index is -0.702. The number of benzene rings is 2. The number of nitrogens with zero attached hydrogens (tertiary/aromatic N) is 1. The van der Waals surface area contributed by atoms with Crippen molar-refractivity contribution in [2.45, 2.75) is 13.0 Å². The van der Waals surface area contributed by atoms with Gasteiger partial charge in [0.05, 0.1) is 6.07 Å². The molecule has 0 aliphatic carbocycles. The van der Waals surface area contributed by atoms with Crippen LogP contribution in [0.1, 0.15) is 17.2 Å². The van der Waals surface area contributed by atoms with Crippen molar-refractivity contribution in [1.29, 1.82) is 5.26 Å². The normalized spacial score (nSPS) is 11.3. The summed E-state index contributed by atoms with van der Waals surface area (Å²) < 4.78 is 0. The molecule has 0 aliphatic heterocycles. The molecule has 0 fully saturated rings. The minimum Gasteiger partial charge on any atom is -0.318 e. The summed E-state index contributed by atoms with van der Waals surface area (Å²) in [4.78, 5) is 11.9. The molecule has 21 heavy (non-hydrogen) atoms. The Hall–Kier alpha value is -2.51. The molecule has 0 heterocycles. The van der Waals surface area contributed by atoms with E-state index in [1.165, 1.54) is 0 Å². The number of aryl methyl sites for hydroxylation is 1. The fraction of sp³-hybridized carbons (Fsp3) is 0.125. The molecule has 5 heteroatoms. The first kappa shape index (κ1) is 14.9. The summed E-state index contributed by atoms with van der Waals surface area (Å²) in [6.45, 7) is 1.88. The van der Waals surface area contributed by atoms with Crippen molar-refractivity contribution in [3.8, 4) is 6.07 Å². The SMILES string of the molecule is Cc1ccc(NC(=O)NC(C#N)c2ccccc2)cc1Cl. The maximum atomic E-state index is 11.9. The molecule has 2 aromatic carbocycles. The van der Waals surface area contributed by atoms with E-state index in [4.69, 9.17) is 16.9 Å². The Bertz CT molecular complexity index is 680.